The van der Waals surface area contributed by atoms with Crippen molar-refractivity contribution in [2.45, 2.75) is 41.0 Å². The number of ether oxygens (including phenoxy) is 1. The van der Waals surface area contributed by atoms with Gasteiger partial charge in [-0.05, 0) is 31.4 Å². The summed E-state index contributed by atoms with van der Waals surface area (Å²) in [5, 5.41) is 0. The van der Waals surface area contributed by atoms with Gasteiger partial charge in [0.15, 0.2) is 0 Å². The molecule has 0 unspecified atom stereocenters. The van der Waals surface area contributed by atoms with Crippen molar-refractivity contribution in [3.63, 3.8) is 0 Å². The van der Waals surface area contributed by atoms with E-state index < -0.39 is 0 Å². The molecule has 0 aliphatic heterocycles. The molecule has 0 aliphatic carbocycles. The van der Waals surface area contributed by atoms with E-state index in [-0.39, 0.29) is 0 Å². The van der Waals surface area contributed by atoms with Crippen molar-refractivity contribution in [3.8, 4) is 5.75 Å². The molecule has 0 radical (unpaired) electrons. The third-order valence-corrected chi connectivity index (χ3v) is 1.91. The van der Waals surface area contributed by atoms with Gasteiger partial charge in [-0.15, -0.1) is 0 Å². The Morgan fingerprint density at radius 3 is 2.53 bits per heavy atom. The van der Waals surface area contributed by atoms with Crippen molar-refractivity contribution in [1.29, 1.82) is 0 Å². The molecule has 0 bridgehead atoms. The fraction of sp³-hybridized carbons (Fsp3) is 0.615. The van der Waals surface area contributed by atoms with Gasteiger partial charge in [-0.2, -0.15) is 0 Å². The van der Waals surface area contributed by atoms with E-state index in [1.165, 1.54) is 0 Å². The molecule has 0 atom stereocenters. The minimum atomic E-state index is 0.692. The second-order valence-electron chi connectivity index (χ2n) is 3.62. The lowest BCUT2D eigenvalue weighted by Gasteiger charge is -2.09. The summed E-state index contributed by atoms with van der Waals surface area (Å²) in [5.41, 5.74) is 0.964. The zero-order valence-electron chi connectivity index (χ0n) is 10.6. The van der Waals surface area contributed by atoms with Crippen LogP contribution in [0.4, 0.5) is 0 Å². The summed E-state index contributed by atoms with van der Waals surface area (Å²) >= 11 is 0. The molecule has 0 aliphatic rings. The van der Waals surface area contributed by atoms with Crippen molar-refractivity contribution >= 4 is 0 Å². The SMILES string of the molecule is CC.Cc1ncccc1OCCC(C)C. The fourth-order valence-corrected chi connectivity index (χ4v) is 1.03. The van der Waals surface area contributed by atoms with Gasteiger partial charge in [0.1, 0.15) is 5.75 Å². The van der Waals surface area contributed by atoms with E-state index in [1.54, 1.807) is 6.20 Å². The average Bonchev–Trinajstić information content (AvgIpc) is 2.23. The molecule has 2 nitrogen and oxygen atoms in total. The highest BCUT2D eigenvalue weighted by Crippen LogP contribution is 2.14. The summed E-state index contributed by atoms with van der Waals surface area (Å²) in [6.45, 7) is 11.1. The first-order valence-corrected chi connectivity index (χ1v) is 5.74. The Kier molecular flexibility index (Phi) is 7.69. The molecule has 0 spiro atoms. The molecule has 0 saturated heterocycles. The Labute approximate surface area is 93.7 Å². The largest absolute Gasteiger partial charge is 0.492 e. The van der Waals surface area contributed by atoms with Gasteiger partial charge in [-0.1, -0.05) is 27.7 Å². The number of hydrogen-bond donors (Lipinski definition) is 0. The van der Waals surface area contributed by atoms with Gasteiger partial charge in [-0.25, -0.2) is 0 Å². The highest BCUT2D eigenvalue weighted by atomic mass is 16.5. The third kappa shape index (κ3) is 6.10. The Morgan fingerprint density at radius 2 is 2.00 bits per heavy atom. The molecular formula is C13H23NO. The van der Waals surface area contributed by atoms with Crippen LogP contribution in [0, 0.1) is 12.8 Å². The number of aromatic nitrogens is 1. The molecule has 1 heterocycles. The standard InChI is InChI=1S/C11H17NO.C2H6/c1-9(2)6-8-13-11-5-4-7-12-10(11)3;1-2/h4-5,7,9H,6,8H2,1-3H3;1-2H3. The van der Waals surface area contributed by atoms with Gasteiger partial charge >= 0.3 is 0 Å². The van der Waals surface area contributed by atoms with E-state index >= 15 is 0 Å². The van der Waals surface area contributed by atoms with Gasteiger partial charge in [0.05, 0.1) is 12.3 Å². The van der Waals surface area contributed by atoms with Gasteiger partial charge in [0, 0.05) is 6.20 Å². The third-order valence-electron chi connectivity index (χ3n) is 1.91. The Hall–Kier alpha value is -1.05. The van der Waals surface area contributed by atoms with E-state index in [4.69, 9.17) is 4.74 Å². The number of hydrogen-bond acceptors (Lipinski definition) is 2. The molecule has 0 fully saturated rings. The number of aryl methyl sites for hydroxylation is 1. The van der Waals surface area contributed by atoms with Crippen molar-refractivity contribution in [2.75, 3.05) is 6.61 Å². The number of rotatable bonds is 4. The Bertz CT molecular complexity index is 258. The summed E-state index contributed by atoms with van der Waals surface area (Å²) in [6, 6.07) is 3.86. The summed E-state index contributed by atoms with van der Waals surface area (Å²) in [5.74, 6) is 1.60. The molecule has 1 rings (SSSR count). The summed E-state index contributed by atoms with van der Waals surface area (Å²) < 4.78 is 5.59. The lowest BCUT2D eigenvalue weighted by Crippen LogP contribution is -2.02. The van der Waals surface area contributed by atoms with Crippen molar-refractivity contribution in [2.24, 2.45) is 5.92 Å². The molecule has 2 heteroatoms. The maximum Gasteiger partial charge on any atom is 0.140 e. The first-order chi connectivity index (χ1) is 7.20. The Balaban J connectivity index is 0.000000921. The summed E-state index contributed by atoms with van der Waals surface area (Å²) in [4.78, 5) is 4.15. The molecule has 0 amide bonds. The van der Waals surface area contributed by atoms with Gasteiger partial charge in [0.25, 0.3) is 0 Å². The van der Waals surface area contributed by atoms with E-state index in [0.717, 1.165) is 24.5 Å². The minimum Gasteiger partial charge on any atom is -0.492 e. The first kappa shape index (κ1) is 13.9. The average molecular weight is 209 g/mol. The van der Waals surface area contributed by atoms with Crippen molar-refractivity contribution in [3.05, 3.63) is 24.0 Å². The van der Waals surface area contributed by atoms with Crippen molar-refractivity contribution in [1.82, 2.24) is 4.98 Å². The lowest BCUT2D eigenvalue weighted by atomic mass is 10.1. The quantitative estimate of drug-likeness (QED) is 0.751. The monoisotopic (exact) mass is 209 g/mol. The van der Waals surface area contributed by atoms with E-state index in [0.29, 0.717) is 5.92 Å². The normalized spacial score (nSPS) is 9.47. The smallest absolute Gasteiger partial charge is 0.140 e. The van der Waals surface area contributed by atoms with Crippen LogP contribution in [-0.2, 0) is 0 Å². The summed E-state index contributed by atoms with van der Waals surface area (Å²) in [6.07, 6.45) is 2.87. The predicted octanol–water partition coefficient (Wildman–Crippen LogP) is 3.84. The van der Waals surface area contributed by atoms with Crippen LogP contribution in [0.3, 0.4) is 0 Å². The van der Waals surface area contributed by atoms with Crippen LogP contribution in [0.15, 0.2) is 18.3 Å². The van der Waals surface area contributed by atoms with Crippen LogP contribution in [0.25, 0.3) is 0 Å². The zero-order chi connectivity index (χ0) is 11.7. The van der Waals surface area contributed by atoms with Gasteiger partial charge in [0.2, 0.25) is 0 Å². The maximum atomic E-state index is 5.59. The van der Waals surface area contributed by atoms with Crippen LogP contribution in [0.1, 0.15) is 39.8 Å². The van der Waals surface area contributed by atoms with Crippen LogP contribution in [0.2, 0.25) is 0 Å². The first-order valence-electron chi connectivity index (χ1n) is 5.74. The topological polar surface area (TPSA) is 22.1 Å². The van der Waals surface area contributed by atoms with Crippen LogP contribution < -0.4 is 4.74 Å². The zero-order valence-corrected chi connectivity index (χ0v) is 10.6. The van der Waals surface area contributed by atoms with Gasteiger partial charge < -0.3 is 4.74 Å². The molecule has 0 N–H and O–H groups in total. The van der Waals surface area contributed by atoms with Crippen molar-refractivity contribution < 1.29 is 4.74 Å². The minimum absolute atomic E-state index is 0.692. The molecule has 15 heavy (non-hydrogen) atoms. The molecule has 0 saturated carbocycles. The summed E-state index contributed by atoms with van der Waals surface area (Å²) in [7, 11) is 0. The molecule has 86 valence electrons. The number of nitrogens with zero attached hydrogens (tertiary/aromatic N) is 1. The van der Waals surface area contributed by atoms with E-state index in [2.05, 4.69) is 18.8 Å². The highest BCUT2D eigenvalue weighted by molar-refractivity contribution is 5.25. The second-order valence-corrected chi connectivity index (χ2v) is 3.62. The molecular weight excluding hydrogens is 186 g/mol. The van der Waals surface area contributed by atoms with Crippen LogP contribution in [0.5, 0.6) is 5.75 Å². The number of pyridine rings is 1. The maximum absolute atomic E-state index is 5.59. The Morgan fingerprint density at radius 1 is 1.33 bits per heavy atom. The lowest BCUT2D eigenvalue weighted by molar-refractivity contribution is 0.286. The predicted molar refractivity (Wildman–Crippen MR) is 65.3 cm³/mol. The van der Waals surface area contributed by atoms with Crippen LogP contribution in [-0.4, -0.2) is 11.6 Å². The highest BCUT2D eigenvalue weighted by Gasteiger charge is 1.99. The van der Waals surface area contributed by atoms with Gasteiger partial charge in [-0.3, -0.25) is 4.98 Å². The van der Waals surface area contributed by atoms with Crippen LogP contribution >= 0.6 is 0 Å². The second kappa shape index (κ2) is 8.27. The molecule has 1 aromatic rings. The molecule has 1 aromatic heterocycles. The fourth-order valence-electron chi connectivity index (χ4n) is 1.03. The molecule has 0 aromatic carbocycles. The van der Waals surface area contributed by atoms with E-state index in [9.17, 15) is 0 Å². The van der Waals surface area contributed by atoms with E-state index in [1.807, 2.05) is 32.9 Å².